The largest absolute Gasteiger partial charge is 0.314 e. The van der Waals surface area contributed by atoms with Gasteiger partial charge in [0.25, 0.3) is 0 Å². The van der Waals surface area contributed by atoms with E-state index in [1.54, 1.807) is 11.3 Å². The van der Waals surface area contributed by atoms with Gasteiger partial charge in [-0.1, -0.05) is 6.92 Å². The molecule has 1 unspecified atom stereocenters. The third kappa shape index (κ3) is 2.78. The van der Waals surface area contributed by atoms with E-state index in [9.17, 15) is 0 Å². The zero-order valence-corrected chi connectivity index (χ0v) is 11.3. The van der Waals surface area contributed by atoms with Crippen LogP contribution >= 0.6 is 27.3 Å². The number of thiazole rings is 1. The van der Waals surface area contributed by atoms with E-state index >= 15 is 0 Å². The fourth-order valence-electron chi connectivity index (χ4n) is 2.00. The summed E-state index contributed by atoms with van der Waals surface area (Å²) in [5.74, 6) is 0. The summed E-state index contributed by atoms with van der Waals surface area (Å²) in [6.07, 6.45) is 3.05. The first-order chi connectivity index (χ1) is 7.31. The van der Waals surface area contributed by atoms with Crippen LogP contribution in [0.3, 0.4) is 0 Å². The van der Waals surface area contributed by atoms with E-state index in [1.165, 1.54) is 5.01 Å². The van der Waals surface area contributed by atoms with E-state index in [4.69, 9.17) is 0 Å². The highest BCUT2D eigenvalue weighted by Gasteiger charge is 2.22. The third-order valence-corrected chi connectivity index (χ3v) is 4.34. The average Bonchev–Trinajstić information content (AvgIpc) is 2.68. The van der Waals surface area contributed by atoms with Crippen molar-refractivity contribution in [3.63, 3.8) is 0 Å². The van der Waals surface area contributed by atoms with Crippen molar-refractivity contribution in [3.8, 4) is 0 Å². The average molecular weight is 290 g/mol. The molecule has 1 aliphatic heterocycles. The van der Waals surface area contributed by atoms with Crippen LogP contribution in [0.25, 0.3) is 0 Å². The summed E-state index contributed by atoms with van der Waals surface area (Å²) in [5, 5.41) is 4.62. The van der Waals surface area contributed by atoms with Crippen LogP contribution in [0.15, 0.2) is 9.98 Å². The van der Waals surface area contributed by atoms with Crippen LogP contribution in [0.2, 0.25) is 0 Å². The Hall–Kier alpha value is 0.0300. The minimum absolute atomic E-state index is 0.503. The number of halogens is 1. The Morgan fingerprint density at radius 3 is 2.87 bits per heavy atom. The number of rotatable bonds is 3. The lowest BCUT2D eigenvalue weighted by molar-refractivity contribution is 0.169. The van der Waals surface area contributed by atoms with Gasteiger partial charge in [0.1, 0.15) is 5.01 Å². The molecule has 1 saturated heterocycles. The van der Waals surface area contributed by atoms with E-state index in [1.807, 2.05) is 6.20 Å². The molecule has 84 valence electrons. The topological polar surface area (TPSA) is 28.2 Å². The summed E-state index contributed by atoms with van der Waals surface area (Å²) in [6, 6.07) is 0.503. The van der Waals surface area contributed by atoms with Gasteiger partial charge in [-0.3, -0.25) is 4.90 Å². The molecule has 0 aliphatic carbocycles. The normalized spacial score (nSPS) is 20.4. The van der Waals surface area contributed by atoms with Gasteiger partial charge in [0.05, 0.1) is 16.0 Å². The quantitative estimate of drug-likeness (QED) is 0.925. The molecule has 0 aromatic carbocycles. The molecule has 0 radical (unpaired) electrons. The maximum atomic E-state index is 4.47. The second-order valence-electron chi connectivity index (χ2n) is 3.71. The lowest BCUT2D eigenvalue weighted by Gasteiger charge is -2.33. The Morgan fingerprint density at radius 2 is 2.33 bits per heavy atom. The predicted molar refractivity (Wildman–Crippen MR) is 67.3 cm³/mol. The van der Waals surface area contributed by atoms with Gasteiger partial charge in [0.15, 0.2) is 0 Å². The van der Waals surface area contributed by atoms with Crippen LogP contribution in [-0.4, -0.2) is 36.1 Å². The molecule has 3 nitrogen and oxygen atoms in total. The van der Waals surface area contributed by atoms with Crippen molar-refractivity contribution in [2.24, 2.45) is 0 Å². The molecular formula is C10H16BrN3S. The van der Waals surface area contributed by atoms with Crippen molar-refractivity contribution in [1.29, 1.82) is 0 Å². The number of hydrogen-bond donors (Lipinski definition) is 1. The molecular weight excluding hydrogens is 274 g/mol. The Bertz CT molecular complexity index is 309. The summed E-state index contributed by atoms with van der Waals surface area (Å²) in [4.78, 5) is 7.00. The Morgan fingerprint density at radius 1 is 1.60 bits per heavy atom. The SMILES string of the molecule is CCC(c1ncc(Br)s1)N1CCNCC1. The number of aromatic nitrogens is 1. The van der Waals surface area contributed by atoms with Crippen molar-refractivity contribution in [1.82, 2.24) is 15.2 Å². The van der Waals surface area contributed by atoms with Crippen molar-refractivity contribution in [2.75, 3.05) is 26.2 Å². The van der Waals surface area contributed by atoms with Gasteiger partial charge in [-0.2, -0.15) is 0 Å². The lowest BCUT2D eigenvalue weighted by Crippen LogP contribution is -2.45. The zero-order chi connectivity index (χ0) is 10.7. The fourth-order valence-corrected chi connectivity index (χ4v) is 3.47. The summed E-state index contributed by atoms with van der Waals surface area (Å²) >= 11 is 5.24. The van der Waals surface area contributed by atoms with Crippen LogP contribution in [-0.2, 0) is 0 Å². The molecule has 0 bridgehead atoms. The van der Waals surface area contributed by atoms with Crippen molar-refractivity contribution < 1.29 is 0 Å². The van der Waals surface area contributed by atoms with Crippen LogP contribution in [0.5, 0.6) is 0 Å². The molecule has 1 aromatic rings. The van der Waals surface area contributed by atoms with Gasteiger partial charge in [0, 0.05) is 26.2 Å². The van der Waals surface area contributed by atoms with Crippen molar-refractivity contribution in [2.45, 2.75) is 19.4 Å². The second-order valence-corrected chi connectivity index (χ2v) is 6.15. The maximum absolute atomic E-state index is 4.47. The summed E-state index contributed by atoms with van der Waals surface area (Å²) in [7, 11) is 0. The maximum Gasteiger partial charge on any atom is 0.111 e. The van der Waals surface area contributed by atoms with E-state index in [0.717, 1.165) is 36.4 Å². The smallest absolute Gasteiger partial charge is 0.111 e. The molecule has 0 amide bonds. The predicted octanol–water partition coefficient (Wildman–Crippen LogP) is 2.26. The van der Waals surface area contributed by atoms with E-state index < -0.39 is 0 Å². The number of hydrogen-bond acceptors (Lipinski definition) is 4. The Labute approximate surface area is 103 Å². The first-order valence-corrected chi connectivity index (χ1v) is 6.98. The monoisotopic (exact) mass is 289 g/mol. The van der Waals surface area contributed by atoms with E-state index in [-0.39, 0.29) is 0 Å². The molecule has 2 rings (SSSR count). The molecule has 2 heterocycles. The lowest BCUT2D eigenvalue weighted by atomic mass is 10.2. The first kappa shape index (κ1) is 11.5. The van der Waals surface area contributed by atoms with E-state index in [0.29, 0.717) is 6.04 Å². The molecule has 1 N–H and O–H groups in total. The highest BCUT2D eigenvalue weighted by Crippen LogP contribution is 2.30. The Kier molecular flexibility index (Phi) is 4.13. The van der Waals surface area contributed by atoms with Crippen LogP contribution in [0, 0.1) is 0 Å². The number of nitrogens with zero attached hydrogens (tertiary/aromatic N) is 2. The minimum Gasteiger partial charge on any atom is -0.314 e. The van der Waals surface area contributed by atoms with Gasteiger partial charge in [0.2, 0.25) is 0 Å². The van der Waals surface area contributed by atoms with Gasteiger partial charge in [-0.25, -0.2) is 4.98 Å². The third-order valence-electron chi connectivity index (χ3n) is 2.76. The molecule has 5 heteroatoms. The highest BCUT2D eigenvalue weighted by atomic mass is 79.9. The standard InChI is InChI=1S/C10H16BrN3S/c1-2-8(10-13-7-9(11)15-10)14-5-3-12-4-6-14/h7-8,12H,2-6H2,1H3. The minimum atomic E-state index is 0.503. The molecule has 15 heavy (non-hydrogen) atoms. The Balaban J connectivity index is 2.08. The fraction of sp³-hybridized carbons (Fsp3) is 0.700. The second kappa shape index (κ2) is 5.39. The van der Waals surface area contributed by atoms with Gasteiger partial charge >= 0.3 is 0 Å². The molecule has 0 spiro atoms. The molecule has 0 saturated carbocycles. The van der Waals surface area contributed by atoms with E-state index in [2.05, 4.69) is 38.1 Å². The molecule has 1 atom stereocenters. The molecule has 1 aliphatic rings. The van der Waals surface area contributed by atoms with Crippen LogP contribution in [0.1, 0.15) is 24.4 Å². The number of piperazine rings is 1. The molecule has 1 aromatic heterocycles. The van der Waals surface area contributed by atoms with Crippen LogP contribution in [0.4, 0.5) is 0 Å². The van der Waals surface area contributed by atoms with Gasteiger partial charge < -0.3 is 5.32 Å². The molecule has 1 fully saturated rings. The van der Waals surface area contributed by atoms with Crippen molar-refractivity contribution >= 4 is 27.3 Å². The summed E-state index contributed by atoms with van der Waals surface area (Å²) in [5.41, 5.74) is 0. The highest BCUT2D eigenvalue weighted by molar-refractivity contribution is 9.11. The van der Waals surface area contributed by atoms with Gasteiger partial charge in [-0.15, -0.1) is 11.3 Å². The zero-order valence-electron chi connectivity index (χ0n) is 8.87. The van der Waals surface area contributed by atoms with Gasteiger partial charge in [-0.05, 0) is 22.4 Å². The first-order valence-electron chi connectivity index (χ1n) is 5.37. The summed E-state index contributed by atoms with van der Waals surface area (Å²) < 4.78 is 1.13. The van der Waals surface area contributed by atoms with Crippen LogP contribution < -0.4 is 5.32 Å². The summed E-state index contributed by atoms with van der Waals surface area (Å²) in [6.45, 7) is 6.71. The van der Waals surface area contributed by atoms with Crippen molar-refractivity contribution in [3.05, 3.63) is 15.0 Å². The number of nitrogens with one attached hydrogen (secondary N) is 1.